The second-order valence-corrected chi connectivity index (χ2v) is 4.12. The van der Waals surface area contributed by atoms with Crippen molar-refractivity contribution in [2.75, 3.05) is 20.3 Å². The number of fused-ring (bicyclic) bond motifs is 1. The number of hydrogen-bond acceptors (Lipinski definition) is 3. The molecular weight excluding hydrogens is 228 g/mol. The highest BCUT2D eigenvalue weighted by Crippen LogP contribution is 2.28. The highest BCUT2D eigenvalue weighted by atomic mass is 16.5. The van der Waals surface area contributed by atoms with Crippen LogP contribution in [0.3, 0.4) is 0 Å². The fourth-order valence-corrected chi connectivity index (χ4v) is 2.00. The Hall–Kier alpha value is -1.58. The molecule has 0 bridgehead atoms. The zero-order valence-electron chi connectivity index (χ0n) is 10.6. The molecule has 0 saturated heterocycles. The minimum absolute atomic E-state index is 0.0129. The largest absolute Gasteiger partial charge is 0.493 e. The molecule has 2 rings (SSSR count). The molecule has 0 radical (unpaired) electrons. The van der Waals surface area contributed by atoms with E-state index in [1.54, 1.807) is 7.11 Å². The molecule has 0 saturated carbocycles. The van der Waals surface area contributed by atoms with Gasteiger partial charge in [-0.25, -0.2) is 0 Å². The third-order valence-electron chi connectivity index (χ3n) is 2.91. The number of aliphatic hydroxyl groups excluding tert-OH is 1. The van der Waals surface area contributed by atoms with Gasteiger partial charge >= 0.3 is 0 Å². The fourth-order valence-electron chi connectivity index (χ4n) is 2.00. The average Bonchev–Trinajstić information content (AvgIpc) is 2.43. The van der Waals surface area contributed by atoms with E-state index in [4.69, 9.17) is 9.47 Å². The lowest BCUT2D eigenvalue weighted by Crippen LogP contribution is -2.03. The van der Waals surface area contributed by atoms with Crippen molar-refractivity contribution in [1.82, 2.24) is 0 Å². The van der Waals surface area contributed by atoms with Crippen LogP contribution in [-0.4, -0.2) is 25.4 Å². The van der Waals surface area contributed by atoms with Gasteiger partial charge in [0.2, 0.25) is 0 Å². The van der Waals surface area contributed by atoms with Gasteiger partial charge in [-0.3, -0.25) is 0 Å². The Balaban J connectivity index is 2.22. The highest BCUT2D eigenvalue weighted by Gasteiger charge is 2.07. The van der Waals surface area contributed by atoms with Crippen molar-refractivity contribution in [1.29, 1.82) is 0 Å². The zero-order valence-corrected chi connectivity index (χ0v) is 10.6. The van der Waals surface area contributed by atoms with Crippen LogP contribution in [0.15, 0.2) is 36.4 Å². The smallest absolute Gasteiger partial charge is 0.125 e. The number of ether oxygens (including phenoxy) is 2. The summed E-state index contributed by atoms with van der Waals surface area (Å²) in [6.07, 6.45) is 0.841. The van der Waals surface area contributed by atoms with Gasteiger partial charge in [-0.2, -0.15) is 0 Å². The molecule has 0 aliphatic carbocycles. The summed E-state index contributed by atoms with van der Waals surface area (Å²) in [5, 5.41) is 11.7. The molecular formula is C15H18O3. The number of aliphatic hydroxyl groups is 1. The van der Waals surface area contributed by atoms with Gasteiger partial charge in [0.05, 0.1) is 13.2 Å². The van der Waals surface area contributed by atoms with Crippen LogP contribution in [0, 0.1) is 0 Å². The van der Waals surface area contributed by atoms with E-state index in [9.17, 15) is 5.11 Å². The maximum Gasteiger partial charge on any atom is 0.125 e. The van der Waals surface area contributed by atoms with Gasteiger partial charge in [0, 0.05) is 25.7 Å². The summed E-state index contributed by atoms with van der Waals surface area (Å²) >= 11 is 0. The number of rotatable bonds is 6. The van der Waals surface area contributed by atoms with Crippen LogP contribution in [0.25, 0.3) is 10.8 Å². The molecule has 0 aliphatic rings. The molecule has 0 heterocycles. The van der Waals surface area contributed by atoms with E-state index in [1.807, 2.05) is 36.4 Å². The van der Waals surface area contributed by atoms with Crippen molar-refractivity contribution in [2.24, 2.45) is 0 Å². The molecule has 3 heteroatoms. The topological polar surface area (TPSA) is 38.7 Å². The van der Waals surface area contributed by atoms with Crippen LogP contribution >= 0.6 is 0 Å². The van der Waals surface area contributed by atoms with Crippen LogP contribution < -0.4 is 4.74 Å². The number of benzene rings is 2. The van der Waals surface area contributed by atoms with Crippen LogP contribution in [-0.2, 0) is 11.3 Å². The first-order valence-corrected chi connectivity index (χ1v) is 6.10. The summed E-state index contributed by atoms with van der Waals surface area (Å²) in [5.41, 5.74) is 0.852. The van der Waals surface area contributed by atoms with Gasteiger partial charge in [-0.05, 0) is 16.8 Å². The normalized spacial score (nSPS) is 10.8. The molecule has 2 aromatic rings. The average molecular weight is 246 g/mol. The first kappa shape index (κ1) is 12.9. The fraction of sp³-hybridized carbons (Fsp3) is 0.333. The van der Waals surface area contributed by atoms with Gasteiger partial charge in [-0.15, -0.1) is 0 Å². The Morgan fingerprint density at radius 2 is 1.89 bits per heavy atom. The van der Waals surface area contributed by atoms with Gasteiger partial charge in [0.25, 0.3) is 0 Å². The van der Waals surface area contributed by atoms with Gasteiger partial charge in [-0.1, -0.05) is 30.3 Å². The lowest BCUT2D eigenvalue weighted by atomic mass is 10.0. The Bertz CT molecular complexity index is 508. The second kappa shape index (κ2) is 6.38. The van der Waals surface area contributed by atoms with E-state index >= 15 is 0 Å². The van der Waals surface area contributed by atoms with Gasteiger partial charge in [0.1, 0.15) is 5.75 Å². The molecule has 1 N–H and O–H groups in total. The molecule has 0 spiro atoms. The van der Waals surface area contributed by atoms with Crippen molar-refractivity contribution >= 4 is 10.8 Å². The van der Waals surface area contributed by atoms with E-state index in [-0.39, 0.29) is 6.61 Å². The van der Waals surface area contributed by atoms with Crippen molar-refractivity contribution in [3.05, 3.63) is 42.0 Å². The Morgan fingerprint density at radius 3 is 2.67 bits per heavy atom. The number of hydrogen-bond donors (Lipinski definition) is 1. The van der Waals surface area contributed by atoms with Gasteiger partial charge < -0.3 is 14.6 Å². The molecule has 2 aromatic carbocycles. The van der Waals surface area contributed by atoms with Crippen molar-refractivity contribution in [3.63, 3.8) is 0 Å². The first-order valence-electron chi connectivity index (χ1n) is 6.10. The zero-order chi connectivity index (χ0) is 12.8. The van der Waals surface area contributed by atoms with Crippen LogP contribution in [0.1, 0.15) is 12.0 Å². The Labute approximate surface area is 107 Å². The number of methoxy groups -OCH3 is 1. The lowest BCUT2D eigenvalue weighted by Gasteiger charge is -2.12. The Kier molecular flexibility index (Phi) is 4.56. The Morgan fingerprint density at radius 1 is 1.06 bits per heavy atom. The maximum absolute atomic E-state index is 9.51. The first-order chi connectivity index (χ1) is 8.86. The molecule has 0 aliphatic heterocycles. The quantitative estimate of drug-likeness (QED) is 0.796. The molecule has 96 valence electrons. The van der Waals surface area contributed by atoms with Crippen LogP contribution in [0.4, 0.5) is 0 Å². The summed E-state index contributed by atoms with van der Waals surface area (Å²) in [6, 6.07) is 11.9. The van der Waals surface area contributed by atoms with E-state index in [1.165, 1.54) is 0 Å². The molecule has 0 fully saturated rings. The summed E-state index contributed by atoms with van der Waals surface area (Å²) in [6.45, 7) is 1.27. The van der Waals surface area contributed by atoms with Crippen LogP contribution in [0.5, 0.6) is 5.75 Å². The second-order valence-electron chi connectivity index (χ2n) is 4.12. The highest BCUT2D eigenvalue weighted by molar-refractivity contribution is 5.87. The third-order valence-corrected chi connectivity index (χ3v) is 2.91. The standard InChI is InChI=1S/C15H18O3/c1-17-9-4-10-18-15-8-7-12-5-2-3-6-13(12)14(15)11-16/h2-3,5-8,16H,4,9-11H2,1H3. The predicted molar refractivity (Wildman–Crippen MR) is 71.9 cm³/mol. The molecule has 3 nitrogen and oxygen atoms in total. The molecule has 0 unspecified atom stereocenters. The van der Waals surface area contributed by atoms with Crippen molar-refractivity contribution < 1.29 is 14.6 Å². The predicted octanol–water partition coefficient (Wildman–Crippen LogP) is 2.75. The molecule has 0 atom stereocenters. The summed E-state index contributed by atoms with van der Waals surface area (Å²) in [5.74, 6) is 0.757. The SMILES string of the molecule is COCCCOc1ccc2ccccc2c1CO. The summed E-state index contributed by atoms with van der Waals surface area (Å²) in [7, 11) is 1.68. The summed E-state index contributed by atoms with van der Waals surface area (Å²) in [4.78, 5) is 0. The minimum Gasteiger partial charge on any atom is -0.493 e. The monoisotopic (exact) mass is 246 g/mol. The van der Waals surface area contributed by atoms with E-state index in [0.717, 1.165) is 28.5 Å². The third kappa shape index (κ3) is 2.81. The van der Waals surface area contributed by atoms with E-state index in [2.05, 4.69) is 0 Å². The lowest BCUT2D eigenvalue weighted by molar-refractivity contribution is 0.171. The van der Waals surface area contributed by atoms with Crippen molar-refractivity contribution in [3.8, 4) is 5.75 Å². The molecule has 0 amide bonds. The minimum atomic E-state index is -0.0129. The van der Waals surface area contributed by atoms with Crippen molar-refractivity contribution in [2.45, 2.75) is 13.0 Å². The maximum atomic E-state index is 9.51. The molecule has 18 heavy (non-hydrogen) atoms. The van der Waals surface area contributed by atoms with E-state index < -0.39 is 0 Å². The molecule has 0 aromatic heterocycles. The van der Waals surface area contributed by atoms with Gasteiger partial charge in [0.15, 0.2) is 0 Å². The summed E-state index contributed by atoms with van der Waals surface area (Å²) < 4.78 is 10.7. The van der Waals surface area contributed by atoms with E-state index in [0.29, 0.717) is 13.2 Å². The van der Waals surface area contributed by atoms with Crippen LogP contribution in [0.2, 0.25) is 0 Å².